The van der Waals surface area contributed by atoms with Crippen molar-refractivity contribution in [2.24, 2.45) is 0 Å². The molecule has 0 radical (unpaired) electrons. The number of nitrogens with one attached hydrogen (secondary N) is 2. The van der Waals surface area contributed by atoms with E-state index in [1.165, 1.54) is 18.2 Å². The van der Waals surface area contributed by atoms with Gasteiger partial charge in [0.25, 0.3) is 5.91 Å². The fraction of sp³-hybridized carbons (Fsp3) is 0.208. The molecule has 10 heteroatoms. The molecule has 8 nitrogen and oxygen atoms in total. The van der Waals surface area contributed by atoms with Crippen LogP contribution in [-0.4, -0.2) is 53.4 Å². The minimum atomic E-state index is -3.38. The highest BCUT2D eigenvalue weighted by Gasteiger charge is 2.22. The van der Waals surface area contributed by atoms with E-state index in [0.717, 1.165) is 17.4 Å². The second-order valence-electron chi connectivity index (χ2n) is 7.80. The summed E-state index contributed by atoms with van der Waals surface area (Å²) in [4.78, 5) is 31.4. The van der Waals surface area contributed by atoms with Crippen LogP contribution in [0, 0.1) is 5.82 Å². The number of halogens is 1. The largest absolute Gasteiger partial charge is 0.480 e. The van der Waals surface area contributed by atoms with Crippen molar-refractivity contribution < 1.29 is 27.5 Å². The lowest BCUT2D eigenvalue weighted by atomic mass is 9.98. The number of nitrogens with zero attached hydrogens (tertiary/aromatic N) is 1. The van der Waals surface area contributed by atoms with E-state index in [9.17, 15) is 27.5 Å². The van der Waals surface area contributed by atoms with Crippen LogP contribution in [0.4, 0.5) is 4.39 Å². The number of hydrogen-bond acceptors (Lipinski definition) is 5. The lowest BCUT2D eigenvalue weighted by Gasteiger charge is -2.14. The molecule has 0 saturated carbocycles. The van der Waals surface area contributed by atoms with Gasteiger partial charge in [-0.3, -0.25) is 4.79 Å². The molecule has 0 bridgehead atoms. The normalized spacial score (nSPS) is 12.8. The zero-order valence-electron chi connectivity index (χ0n) is 18.4. The molecule has 0 aliphatic heterocycles. The summed E-state index contributed by atoms with van der Waals surface area (Å²) < 4.78 is 36.2. The van der Waals surface area contributed by atoms with Gasteiger partial charge in [0.15, 0.2) is 0 Å². The summed E-state index contributed by atoms with van der Waals surface area (Å²) in [5.41, 5.74) is 2.49. The fourth-order valence-corrected chi connectivity index (χ4v) is 3.94. The van der Waals surface area contributed by atoms with Crippen LogP contribution in [0.25, 0.3) is 11.6 Å². The maximum atomic E-state index is 13.4. The topological polar surface area (TPSA) is 129 Å². The second-order valence-corrected chi connectivity index (χ2v) is 10.1. The highest BCUT2D eigenvalue weighted by atomic mass is 32.2. The number of imidazole rings is 1. The molecule has 1 atom stereocenters. The van der Waals surface area contributed by atoms with Gasteiger partial charge in [0, 0.05) is 30.6 Å². The summed E-state index contributed by atoms with van der Waals surface area (Å²) in [6.45, 7) is 0. The van der Waals surface area contributed by atoms with Crippen LogP contribution in [0.3, 0.4) is 0 Å². The van der Waals surface area contributed by atoms with Crippen molar-refractivity contribution in [2.75, 3.05) is 12.0 Å². The molecule has 0 saturated heterocycles. The Morgan fingerprint density at radius 1 is 1.18 bits per heavy atom. The third kappa shape index (κ3) is 7.38. The van der Waals surface area contributed by atoms with Crippen molar-refractivity contribution in [3.8, 4) is 0 Å². The van der Waals surface area contributed by atoms with E-state index >= 15 is 0 Å². The first kappa shape index (κ1) is 24.8. The molecule has 178 valence electrons. The van der Waals surface area contributed by atoms with Crippen molar-refractivity contribution in [1.29, 1.82) is 0 Å². The van der Waals surface area contributed by atoms with Crippen LogP contribution in [0.1, 0.15) is 33.7 Å². The molecule has 1 amide bonds. The number of sulfone groups is 1. The van der Waals surface area contributed by atoms with Crippen LogP contribution < -0.4 is 5.32 Å². The number of amides is 1. The summed E-state index contributed by atoms with van der Waals surface area (Å²) in [5, 5.41) is 11.7. The predicted octanol–water partition coefficient (Wildman–Crippen LogP) is 2.95. The van der Waals surface area contributed by atoms with Gasteiger partial charge in [0.05, 0.1) is 5.75 Å². The molecule has 0 aliphatic carbocycles. The zero-order valence-corrected chi connectivity index (χ0v) is 19.2. The average molecular weight is 486 g/mol. The standard InChI is InChI=1S/C24H24FN3O5S/c1-34(32,33)12-9-21(24(30)31)28-23(29)18-4-2-3-16(13-18)14-19(15-22-26-10-11-27-22)17-5-7-20(25)8-6-17/h2-8,10-11,13-14,21H,9,12,15H2,1H3,(H,26,27)(H,28,29)(H,30,31)/t21-/m0/s1. The Balaban J connectivity index is 1.85. The second kappa shape index (κ2) is 10.9. The van der Waals surface area contributed by atoms with E-state index in [2.05, 4.69) is 15.3 Å². The van der Waals surface area contributed by atoms with Crippen LogP contribution in [0.15, 0.2) is 60.9 Å². The van der Waals surface area contributed by atoms with E-state index in [0.29, 0.717) is 17.8 Å². The smallest absolute Gasteiger partial charge is 0.326 e. The Morgan fingerprint density at radius 2 is 1.91 bits per heavy atom. The number of aromatic amines is 1. The Morgan fingerprint density at radius 3 is 2.53 bits per heavy atom. The Labute approximate surface area is 196 Å². The van der Waals surface area contributed by atoms with Gasteiger partial charge in [-0.1, -0.05) is 30.3 Å². The fourth-order valence-electron chi connectivity index (χ4n) is 3.28. The number of allylic oxidation sites excluding steroid dienone is 1. The van der Waals surface area contributed by atoms with Gasteiger partial charge in [0.1, 0.15) is 27.5 Å². The highest BCUT2D eigenvalue weighted by Crippen LogP contribution is 2.23. The van der Waals surface area contributed by atoms with Gasteiger partial charge >= 0.3 is 5.97 Å². The van der Waals surface area contributed by atoms with Crippen LogP contribution >= 0.6 is 0 Å². The molecule has 0 fully saturated rings. The third-order valence-corrected chi connectivity index (χ3v) is 5.98. The number of carboxylic acid groups (broad SMARTS) is 1. The summed E-state index contributed by atoms with van der Waals surface area (Å²) in [5.74, 6) is -1.96. The minimum absolute atomic E-state index is 0.218. The molecule has 1 heterocycles. The van der Waals surface area contributed by atoms with Gasteiger partial charge in [0.2, 0.25) is 0 Å². The quantitative estimate of drug-likeness (QED) is 0.379. The molecule has 3 aromatic rings. The van der Waals surface area contributed by atoms with Crippen molar-refractivity contribution in [2.45, 2.75) is 18.9 Å². The molecular formula is C24H24FN3O5S. The number of carbonyl (C=O) groups excluding carboxylic acids is 1. The van der Waals surface area contributed by atoms with E-state index < -0.39 is 27.8 Å². The lowest BCUT2D eigenvalue weighted by Crippen LogP contribution is -2.41. The number of carboxylic acids is 1. The summed E-state index contributed by atoms with van der Waals surface area (Å²) in [7, 11) is -3.38. The Bertz CT molecular complexity index is 1290. The van der Waals surface area contributed by atoms with E-state index in [1.54, 1.807) is 42.7 Å². The summed E-state index contributed by atoms with van der Waals surface area (Å²) in [6.07, 6.45) is 6.37. The molecule has 2 aromatic carbocycles. The Hall–Kier alpha value is -3.79. The van der Waals surface area contributed by atoms with Gasteiger partial charge in [-0.05, 0) is 47.4 Å². The molecule has 3 rings (SSSR count). The first-order valence-corrected chi connectivity index (χ1v) is 12.4. The molecule has 0 unspecified atom stereocenters. The molecular weight excluding hydrogens is 461 g/mol. The molecule has 3 N–H and O–H groups in total. The van der Waals surface area contributed by atoms with Crippen molar-refractivity contribution in [3.05, 3.63) is 89.3 Å². The number of aliphatic carboxylic acids is 1. The Kier molecular flexibility index (Phi) is 7.95. The van der Waals surface area contributed by atoms with Crippen LogP contribution in [-0.2, 0) is 21.1 Å². The van der Waals surface area contributed by atoms with Crippen LogP contribution in [0.2, 0.25) is 0 Å². The number of carbonyl (C=O) groups is 2. The maximum Gasteiger partial charge on any atom is 0.326 e. The maximum absolute atomic E-state index is 13.4. The number of benzene rings is 2. The summed E-state index contributed by atoms with van der Waals surface area (Å²) in [6, 6.07) is 11.2. The number of hydrogen-bond donors (Lipinski definition) is 3. The number of aromatic nitrogens is 2. The first-order valence-electron chi connectivity index (χ1n) is 10.4. The highest BCUT2D eigenvalue weighted by molar-refractivity contribution is 7.90. The SMILES string of the molecule is CS(=O)(=O)CC[C@H](NC(=O)c1cccc(C=C(Cc2ncc[nH]2)c2ccc(F)cc2)c1)C(=O)O. The van der Waals surface area contributed by atoms with Gasteiger partial charge in [-0.15, -0.1) is 0 Å². The third-order valence-electron chi connectivity index (χ3n) is 5.00. The van der Waals surface area contributed by atoms with E-state index in [-0.39, 0.29) is 23.6 Å². The predicted molar refractivity (Wildman–Crippen MR) is 126 cm³/mol. The van der Waals surface area contributed by atoms with E-state index in [4.69, 9.17) is 0 Å². The van der Waals surface area contributed by atoms with Crippen molar-refractivity contribution >= 4 is 33.4 Å². The van der Waals surface area contributed by atoms with Gasteiger partial charge in [-0.2, -0.15) is 0 Å². The molecule has 34 heavy (non-hydrogen) atoms. The van der Waals surface area contributed by atoms with E-state index in [1.807, 2.05) is 6.08 Å². The molecule has 0 spiro atoms. The first-order chi connectivity index (χ1) is 16.1. The molecule has 1 aromatic heterocycles. The zero-order chi connectivity index (χ0) is 24.7. The average Bonchev–Trinajstić information content (AvgIpc) is 3.29. The van der Waals surface area contributed by atoms with Crippen LogP contribution in [0.5, 0.6) is 0 Å². The van der Waals surface area contributed by atoms with Gasteiger partial charge in [-0.25, -0.2) is 22.6 Å². The lowest BCUT2D eigenvalue weighted by molar-refractivity contribution is -0.139. The van der Waals surface area contributed by atoms with Crippen molar-refractivity contribution in [3.63, 3.8) is 0 Å². The van der Waals surface area contributed by atoms with Gasteiger partial charge < -0.3 is 15.4 Å². The summed E-state index contributed by atoms with van der Waals surface area (Å²) >= 11 is 0. The molecule has 0 aliphatic rings. The number of H-pyrrole nitrogens is 1. The number of rotatable bonds is 10. The van der Waals surface area contributed by atoms with Crippen molar-refractivity contribution in [1.82, 2.24) is 15.3 Å². The monoisotopic (exact) mass is 485 g/mol. The minimum Gasteiger partial charge on any atom is -0.480 e.